The molecule has 0 unspecified atom stereocenters. The summed E-state index contributed by atoms with van der Waals surface area (Å²) < 4.78 is 0. The number of rotatable bonds is 0. The van der Waals surface area contributed by atoms with Crippen LogP contribution in [0.5, 0.6) is 0 Å². The van der Waals surface area contributed by atoms with Crippen LogP contribution in [0.3, 0.4) is 0 Å². The first-order chi connectivity index (χ1) is 25.9. The second-order valence-electron chi connectivity index (χ2n) is 6.35. The summed E-state index contributed by atoms with van der Waals surface area (Å²) in [6.45, 7) is 6.63. The highest BCUT2D eigenvalue weighted by atomic mass is 13.5. The molecule has 0 saturated carbocycles. The molecule has 0 N–H and O–H groups in total. The maximum absolute atomic E-state index is 3.31. The minimum atomic E-state index is 2.37. The molecule has 0 aromatic rings. The summed E-state index contributed by atoms with van der Waals surface area (Å²) in [5.74, 6) is 0. The van der Waals surface area contributed by atoms with Crippen LogP contribution in [0.25, 0.3) is 0 Å². The Kier molecular flexibility index (Phi) is 31.1. The lowest BCUT2D eigenvalue weighted by Gasteiger charge is -1.41. The van der Waals surface area contributed by atoms with Crippen molar-refractivity contribution in [2.75, 3.05) is 0 Å². The molecule has 0 heterocycles. The maximum atomic E-state index is 3.31. The smallest absolute Gasteiger partial charge is 0 e. The van der Waals surface area contributed by atoms with E-state index in [1.807, 2.05) is 0 Å². The molecule has 0 amide bonds. The van der Waals surface area contributed by atoms with E-state index in [0.29, 0.717) is 0 Å². The third-order valence-electron chi connectivity index (χ3n) is 3.11. The third-order valence-corrected chi connectivity index (χ3v) is 3.11. The van der Waals surface area contributed by atoms with Gasteiger partial charge in [-0.3, -0.25) is 0 Å². The molecule has 0 fully saturated rings. The summed E-state index contributed by atoms with van der Waals surface area (Å²) in [4.78, 5) is 0. The minimum Gasteiger partial charge on any atom is -0.0687 e. The summed E-state index contributed by atoms with van der Waals surface area (Å²) in [5.41, 5.74) is 124. The first-order valence-corrected chi connectivity index (χ1v) is 13.0. The van der Waals surface area contributed by atoms with Gasteiger partial charge in [-0.2, -0.15) is 0 Å². The van der Waals surface area contributed by atoms with Gasteiger partial charge in [-0.15, -0.1) is 0 Å². The van der Waals surface area contributed by atoms with Crippen LogP contribution in [0, 0.1) is 0 Å². The zero-order valence-corrected chi connectivity index (χ0v) is 26.4. The molecule has 212 valence electrons. The summed E-state index contributed by atoms with van der Waals surface area (Å²) in [6.07, 6.45) is 0. The zero-order chi connectivity index (χ0) is 37.4. The Morgan fingerprint density at radius 3 is 0.212 bits per heavy atom. The highest BCUT2D eigenvalue weighted by Crippen LogP contribution is 1.61. The van der Waals surface area contributed by atoms with Crippen LogP contribution in [0.2, 0.25) is 0 Å². The Morgan fingerprint density at radius 2 is 0.154 bits per heavy atom. The quantitative estimate of drug-likeness (QED) is 0.236. The summed E-state index contributed by atoms with van der Waals surface area (Å²) in [5, 5.41) is 0. The normalized spacial score (nSPS) is 3.92. The van der Waals surface area contributed by atoms with Crippen LogP contribution < -0.4 is 0 Å². The molecule has 0 nitrogen and oxygen atoms in total. The van der Waals surface area contributed by atoms with E-state index in [0.717, 1.165) is 0 Å². The predicted molar refractivity (Wildman–Crippen MR) is 187 cm³/mol. The highest BCUT2D eigenvalue weighted by Gasteiger charge is 1.46. The number of hydrogen-bond acceptors (Lipinski definition) is 0. The standard InChI is InChI=1S/C52H4/c1-3-5-7-9-11-13-15-17-19-21-23-25-27-29-31-33-35-37-39-41-43-45-47-49-51-52-50-48-46-44-42-40-38-36-34-32-30-28-26-24-22-20-18-16-14-12-10-8-6-4-2/h1-2H2. The Balaban J connectivity index is 6.09. The number of hydrogen-bond donors (Lipinski definition) is 0. The molecule has 0 spiro atoms. The largest absolute Gasteiger partial charge is 0.0687 e. The average Bonchev–Trinajstić information content (AvgIpc) is 3.16. The molecular weight excluding hydrogens is 625 g/mol. The van der Waals surface area contributed by atoms with Gasteiger partial charge >= 0.3 is 0 Å². The van der Waals surface area contributed by atoms with Crippen molar-refractivity contribution in [3.05, 3.63) is 300 Å². The molecule has 0 radical (unpaired) electrons. The van der Waals surface area contributed by atoms with Crippen LogP contribution in [-0.4, -0.2) is 0 Å². The third kappa shape index (κ3) is 38.7. The van der Waals surface area contributed by atoms with E-state index >= 15 is 0 Å². The van der Waals surface area contributed by atoms with Gasteiger partial charge in [0.2, 0.25) is 0 Å². The Morgan fingerprint density at radius 1 is 0.0962 bits per heavy atom. The molecular formula is C52H4. The molecule has 0 aromatic carbocycles. The molecule has 0 heteroatoms. The van der Waals surface area contributed by atoms with E-state index in [1.54, 1.807) is 0 Å². The topological polar surface area (TPSA) is 0 Å². The van der Waals surface area contributed by atoms with Gasteiger partial charge in [0.1, 0.15) is 0 Å². The van der Waals surface area contributed by atoms with E-state index in [-0.39, 0.29) is 0 Å². The minimum absolute atomic E-state index is 2.37. The second kappa shape index (κ2) is 39.7. The fourth-order valence-electron chi connectivity index (χ4n) is 1.53. The summed E-state index contributed by atoms with van der Waals surface area (Å²) in [7, 11) is 0. The molecule has 0 aromatic heterocycles. The van der Waals surface area contributed by atoms with Gasteiger partial charge in [0, 0.05) is 183 Å². The second-order valence-corrected chi connectivity index (χ2v) is 6.35. The van der Waals surface area contributed by atoms with Gasteiger partial charge in [0.15, 0.2) is 0 Å². The van der Waals surface area contributed by atoms with E-state index in [9.17, 15) is 0 Å². The molecule has 0 aliphatic heterocycles. The molecule has 0 aliphatic carbocycles. The summed E-state index contributed by atoms with van der Waals surface area (Å²) >= 11 is 0. The van der Waals surface area contributed by atoms with Crippen molar-refractivity contribution >= 4 is 0 Å². The van der Waals surface area contributed by atoms with Crippen LogP contribution in [0.15, 0.2) is 300 Å². The lowest BCUT2D eigenvalue weighted by atomic mass is 10.6. The van der Waals surface area contributed by atoms with E-state index in [2.05, 4.69) is 300 Å². The van der Waals surface area contributed by atoms with Crippen LogP contribution >= 0.6 is 0 Å². The van der Waals surface area contributed by atoms with Crippen molar-refractivity contribution < 1.29 is 0 Å². The van der Waals surface area contributed by atoms with Crippen molar-refractivity contribution in [1.82, 2.24) is 0 Å². The Labute approximate surface area is 298 Å². The van der Waals surface area contributed by atoms with Crippen LogP contribution in [0.1, 0.15) is 0 Å². The van der Waals surface area contributed by atoms with Gasteiger partial charge in [-0.25, -0.2) is 0 Å². The monoisotopic (exact) mass is 628 g/mol. The molecule has 0 rings (SSSR count). The zero-order valence-electron chi connectivity index (χ0n) is 26.4. The molecule has 0 aliphatic rings. The Hall–Kier alpha value is -11.3. The van der Waals surface area contributed by atoms with E-state index < -0.39 is 0 Å². The molecule has 0 atom stereocenters. The van der Waals surface area contributed by atoms with Gasteiger partial charge < -0.3 is 0 Å². The molecule has 0 saturated heterocycles. The summed E-state index contributed by atoms with van der Waals surface area (Å²) in [6, 6.07) is 0. The van der Waals surface area contributed by atoms with E-state index in [4.69, 9.17) is 0 Å². The lowest BCUT2D eigenvalue weighted by molar-refractivity contribution is 2.10. The van der Waals surface area contributed by atoms with Gasteiger partial charge in [-0.1, -0.05) is 11.5 Å². The fourth-order valence-corrected chi connectivity index (χ4v) is 1.53. The van der Waals surface area contributed by atoms with Crippen molar-refractivity contribution in [2.24, 2.45) is 0 Å². The lowest BCUT2D eigenvalue weighted by Crippen LogP contribution is -1.26. The molecule has 0 bridgehead atoms. The van der Waals surface area contributed by atoms with Crippen molar-refractivity contribution in [1.29, 1.82) is 0 Å². The fraction of sp³-hybridized carbons (Fsp3) is 0. The Bertz CT molecular complexity index is 3350. The van der Waals surface area contributed by atoms with Crippen molar-refractivity contribution in [2.45, 2.75) is 0 Å². The van der Waals surface area contributed by atoms with E-state index in [1.165, 1.54) is 0 Å². The van der Waals surface area contributed by atoms with Crippen LogP contribution in [-0.2, 0) is 0 Å². The van der Waals surface area contributed by atoms with Gasteiger partial charge in [0.25, 0.3) is 0 Å². The highest BCUT2D eigenvalue weighted by molar-refractivity contribution is 4.97. The first kappa shape index (κ1) is 40.7. The van der Waals surface area contributed by atoms with Gasteiger partial charge in [0.05, 0.1) is 0 Å². The van der Waals surface area contributed by atoms with Crippen molar-refractivity contribution in [3.8, 4) is 0 Å². The van der Waals surface area contributed by atoms with Crippen LogP contribution in [0.4, 0.5) is 0 Å². The maximum Gasteiger partial charge on any atom is 0 e. The SMILES string of the molecule is C=C=C=C=C=C=C=C=C=C=C=C=C=C=C=C=C=C=C=C=C=C=C=C=C=C=C=C=C=C=C=C=C=C=C=C=C=C=C=C=C=C=C=C=C=C=C=C=C=C=C=C. The van der Waals surface area contributed by atoms with Gasteiger partial charge in [-0.05, 0) is 105 Å². The average molecular weight is 629 g/mol. The molecule has 52 heavy (non-hydrogen) atoms. The van der Waals surface area contributed by atoms with Crippen molar-refractivity contribution in [3.63, 3.8) is 0 Å². The first-order valence-electron chi connectivity index (χ1n) is 13.0. The predicted octanol–water partition coefficient (Wildman–Crippen LogP) is 8.56.